The molecule has 1 saturated heterocycles. The van der Waals surface area contributed by atoms with E-state index in [2.05, 4.69) is 6.58 Å². The summed E-state index contributed by atoms with van der Waals surface area (Å²) in [6, 6.07) is 0. The number of carbonyl (C=O) groups excluding carboxylic acids is 1. The average molecular weight is 248 g/mol. The van der Waals surface area contributed by atoms with E-state index in [9.17, 15) is 30.3 Å². The predicted molar refractivity (Wildman–Crippen MR) is 54.7 cm³/mol. The highest BCUT2D eigenvalue weighted by Crippen LogP contribution is 2.23. The van der Waals surface area contributed by atoms with Gasteiger partial charge in [0, 0.05) is 0 Å². The summed E-state index contributed by atoms with van der Waals surface area (Å²) in [5.41, 5.74) is 0.0448. The Morgan fingerprint density at radius 2 is 1.71 bits per heavy atom. The zero-order valence-electron chi connectivity index (χ0n) is 9.22. The van der Waals surface area contributed by atoms with Crippen molar-refractivity contribution in [2.75, 3.05) is 0 Å². The molecule has 1 heterocycles. The van der Waals surface area contributed by atoms with Gasteiger partial charge in [0.2, 0.25) is 0 Å². The molecular weight excluding hydrogens is 232 g/mol. The molecule has 0 amide bonds. The Hall–Kier alpha value is -0.830. The molecule has 0 spiro atoms. The van der Waals surface area contributed by atoms with Crippen molar-refractivity contribution in [2.45, 2.75) is 43.7 Å². The molecule has 0 aliphatic carbocycles. The van der Waals surface area contributed by atoms with Gasteiger partial charge in [-0.1, -0.05) is 6.58 Å². The number of ketones is 1. The van der Waals surface area contributed by atoms with Crippen molar-refractivity contribution < 1.29 is 35.1 Å². The second kappa shape index (κ2) is 5.21. The Morgan fingerprint density at radius 3 is 2.18 bits per heavy atom. The normalized spacial score (nSPS) is 39.8. The van der Waals surface area contributed by atoms with Crippen LogP contribution in [0.15, 0.2) is 12.2 Å². The lowest BCUT2D eigenvalue weighted by atomic mass is 9.92. The third-order valence-corrected chi connectivity index (χ3v) is 2.63. The highest BCUT2D eigenvalue weighted by atomic mass is 16.6. The van der Waals surface area contributed by atoms with Crippen molar-refractivity contribution in [2.24, 2.45) is 0 Å². The van der Waals surface area contributed by atoms with E-state index in [1.54, 1.807) is 0 Å². The van der Waals surface area contributed by atoms with Crippen LogP contribution < -0.4 is 0 Å². The summed E-state index contributed by atoms with van der Waals surface area (Å²) in [6.07, 6.45) is -10.2. The monoisotopic (exact) mass is 248 g/mol. The standard InChI is InChI=1S/C10H16O7/c1-3(2)4(11)6(13)9-7(14)5(12)8(15)10(16)17-9/h5-10,12-16H,1H2,2H3/t5-,6?,7-,8+,9+,10-/m0/s1. The fraction of sp³-hybridized carbons (Fsp3) is 0.700. The van der Waals surface area contributed by atoms with Crippen LogP contribution in [0.1, 0.15) is 6.92 Å². The minimum atomic E-state index is -1.79. The molecule has 1 fully saturated rings. The molecule has 6 atom stereocenters. The lowest BCUT2D eigenvalue weighted by Gasteiger charge is -2.39. The number of hydrogen-bond donors (Lipinski definition) is 5. The number of rotatable bonds is 3. The van der Waals surface area contributed by atoms with E-state index in [1.807, 2.05) is 0 Å². The Labute approximate surface area is 97.6 Å². The van der Waals surface area contributed by atoms with E-state index in [0.717, 1.165) is 0 Å². The highest BCUT2D eigenvalue weighted by Gasteiger charge is 2.47. The Bertz CT molecular complexity index is 316. The molecule has 7 nitrogen and oxygen atoms in total. The van der Waals surface area contributed by atoms with Crippen LogP contribution in [0, 0.1) is 0 Å². The zero-order valence-corrected chi connectivity index (χ0v) is 9.22. The number of Topliss-reactive ketones (excluding diaryl/α,β-unsaturated/α-hetero) is 1. The molecule has 1 rings (SSSR count). The van der Waals surface area contributed by atoms with Crippen LogP contribution in [0.5, 0.6) is 0 Å². The first-order chi connectivity index (χ1) is 7.77. The molecule has 17 heavy (non-hydrogen) atoms. The quantitative estimate of drug-likeness (QED) is 0.344. The van der Waals surface area contributed by atoms with Crippen LogP contribution in [-0.4, -0.2) is 68.1 Å². The van der Waals surface area contributed by atoms with Gasteiger partial charge in [-0.2, -0.15) is 0 Å². The summed E-state index contributed by atoms with van der Waals surface area (Å²) in [7, 11) is 0. The lowest BCUT2D eigenvalue weighted by Crippen LogP contribution is -2.61. The van der Waals surface area contributed by atoms with Gasteiger partial charge in [0.1, 0.15) is 30.5 Å². The summed E-state index contributed by atoms with van der Waals surface area (Å²) in [5.74, 6) is -0.773. The molecule has 0 aromatic heterocycles. The molecule has 0 bridgehead atoms. The van der Waals surface area contributed by atoms with Gasteiger partial charge in [-0.3, -0.25) is 4.79 Å². The molecule has 1 aliphatic rings. The maximum atomic E-state index is 11.4. The van der Waals surface area contributed by atoms with Gasteiger partial charge in [0.15, 0.2) is 12.1 Å². The fourth-order valence-corrected chi connectivity index (χ4v) is 1.55. The maximum Gasteiger partial charge on any atom is 0.189 e. The van der Waals surface area contributed by atoms with Gasteiger partial charge < -0.3 is 30.3 Å². The van der Waals surface area contributed by atoms with Crippen molar-refractivity contribution in [1.82, 2.24) is 0 Å². The number of ether oxygens (including phenoxy) is 1. The molecule has 0 radical (unpaired) electrons. The SMILES string of the molecule is C=C(C)C(=O)C(O)[C@H]1O[C@H](O)[C@H](O)[C@@H](O)[C@@H]1O. The van der Waals surface area contributed by atoms with Gasteiger partial charge in [-0.15, -0.1) is 0 Å². The Morgan fingerprint density at radius 1 is 1.18 bits per heavy atom. The molecule has 1 unspecified atom stereocenters. The molecule has 98 valence electrons. The summed E-state index contributed by atoms with van der Waals surface area (Å²) in [5, 5.41) is 46.9. The van der Waals surface area contributed by atoms with Gasteiger partial charge in [-0.05, 0) is 12.5 Å². The van der Waals surface area contributed by atoms with E-state index < -0.39 is 42.6 Å². The summed E-state index contributed by atoms with van der Waals surface area (Å²) >= 11 is 0. The summed E-state index contributed by atoms with van der Waals surface area (Å²) in [6.45, 7) is 4.69. The van der Waals surface area contributed by atoms with Crippen molar-refractivity contribution in [3.63, 3.8) is 0 Å². The molecule has 0 aromatic carbocycles. The minimum absolute atomic E-state index is 0.0448. The predicted octanol–water partition coefficient (Wildman–Crippen LogP) is -2.71. The molecule has 0 aromatic rings. The fourth-order valence-electron chi connectivity index (χ4n) is 1.55. The third-order valence-electron chi connectivity index (χ3n) is 2.63. The lowest BCUT2D eigenvalue weighted by molar-refractivity contribution is -0.293. The first-order valence-electron chi connectivity index (χ1n) is 5.03. The number of hydrogen-bond acceptors (Lipinski definition) is 7. The average Bonchev–Trinajstić information content (AvgIpc) is 2.29. The van der Waals surface area contributed by atoms with Crippen molar-refractivity contribution in [1.29, 1.82) is 0 Å². The first-order valence-corrected chi connectivity index (χ1v) is 5.03. The molecule has 5 N–H and O–H groups in total. The maximum absolute atomic E-state index is 11.4. The van der Waals surface area contributed by atoms with E-state index >= 15 is 0 Å². The Kier molecular flexibility index (Phi) is 4.36. The zero-order chi connectivity index (χ0) is 13.3. The van der Waals surface area contributed by atoms with Gasteiger partial charge in [0.05, 0.1) is 0 Å². The first kappa shape index (κ1) is 14.2. The van der Waals surface area contributed by atoms with E-state index in [4.69, 9.17) is 4.74 Å². The van der Waals surface area contributed by atoms with Crippen LogP contribution in [-0.2, 0) is 9.53 Å². The molecule has 7 heteroatoms. The van der Waals surface area contributed by atoms with E-state index in [1.165, 1.54) is 6.92 Å². The Balaban J connectivity index is 2.84. The van der Waals surface area contributed by atoms with Crippen molar-refractivity contribution in [3.05, 3.63) is 12.2 Å². The smallest absolute Gasteiger partial charge is 0.189 e. The summed E-state index contributed by atoms with van der Waals surface area (Å²) < 4.78 is 4.70. The van der Waals surface area contributed by atoms with Crippen LogP contribution in [0.3, 0.4) is 0 Å². The van der Waals surface area contributed by atoms with Crippen LogP contribution in [0.25, 0.3) is 0 Å². The second-order valence-electron chi connectivity index (χ2n) is 4.05. The number of aliphatic hydroxyl groups excluding tert-OH is 5. The number of carbonyl (C=O) groups is 1. The van der Waals surface area contributed by atoms with Gasteiger partial charge >= 0.3 is 0 Å². The van der Waals surface area contributed by atoms with Gasteiger partial charge in [0.25, 0.3) is 0 Å². The van der Waals surface area contributed by atoms with E-state index in [-0.39, 0.29) is 5.57 Å². The molecular formula is C10H16O7. The van der Waals surface area contributed by atoms with Crippen molar-refractivity contribution >= 4 is 5.78 Å². The van der Waals surface area contributed by atoms with Crippen molar-refractivity contribution in [3.8, 4) is 0 Å². The summed E-state index contributed by atoms with van der Waals surface area (Å²) in [4.78, 5) is 11.4. The van der Waals surface area contributed by atoms with Crippen LogP contribution in [0.4, 0.5) is 0 Å². The van der Waals surface area contributed by atoms with E-state index in [0.29, 0.717) is 0 Å². The highest BCUT2D eigenvalue weighted by molar-refractivity contribution is 5.98. The molecule has 0 saturated carbocycles. The van der Waals surface area contributed by atoms with Crippen LogP contribution in [0.2, 0.25) is 0 Å². The number of aliphatic hydroxyl groups is 5. The van der Waals surface area contributed by atoms with Crippen LogP contribution >= 0.6 is 0 Å². The second-order valence-corrected chi connectivity index (χ2v) is 4.05. The molecule has 1 aliphatic heterocycles. The largest absolute Gasteiger partial charge is 0.387 e. The third kappa shape index (κ3) is 2.71. The topological polar surface area (TPSA) is 127 Å². The minimum Gasteiger partial charge on any atom is -0.387 e. The van der Waals surface area contributed by atoms with Gasteiger partial charge in [-0.25, -0.2) is 0 Å².